The van der Waals surface area contributed by atoms with Crippen LogP contribution in [0.15, 0.2) is 18.2 Å². The molecule has 1 aromatic rings. The Morgan fingerprint density at radius 2 is 1.76 bits per heavy atom. The van der Waals surface area contributed by atoms with Crippen LogP contribution in [0.4, 0.5) is 4.79 Å². The van der Waals surface area contributed by atoms with E-state index in [1.54, 1.807) is 27.7 Å². The summed E-state index contributed by atoms with van der Waals surface area (Å²) < 4.78 is 9.91. The molecule has 3 amide bonds. The molecule has 1 saturated carbocycles. The second-order valence-electron chi connectivity index (χ2n) is 9.93. The number of carbonyl (C=O) groups excluding carboxylic acids is 4. The summed E-state index contributed by atoms with van der Waals surface area (Å²) in [5, 5.41) is 5.17. The Morgan fingerprint density at radius 3 is 2.26 bits per heavy atom. The lowest BCUT2D eigenvalue weighted by Gasteiger charge is -2.34. The Morgan fingerprint density at radius 1 is 1.15 bits per heavy atom. The lowest BCUT2D eigenvalue weighted by Crippen LogP contribution is -2.53. The van der Waals surface area contributed by atoms with Gasteiger partial charge in [0.15, 0.2) is 0 Å². The van der Waals surface area contributed by atoms with Crippen LogP contribution in [0.3, 0.4) is 0 Å². The first-order valence-corrected chi connectivity index (χ1v) is 11.5. The summed E-state index contributed by atoms with van der Waals surface area (Å²) >= 11 is 0. The van der Waals surface area contributed by atoms with Gasteiger partial charge in [-0.05, 0) is 70.6 Å². The topological polar surface area (TPSA) is 114 Å². The van der Waals surface area contributed by atoms with Gasteiger partial charge in [-0.15, -0.1) is 0 Å². The Balaban J connectivity index is 2.39. The van der Waals surface area contributed by atoms with Crippen molar-refractivity contribution in [2.24, 2.45) is 5.92 Å². The number of carbonyl (C=O) groups is 4. The number of rotatable bonds is 8. The normalized spacial score (nSPS) is 18.8. The lowest BCUT2D eigenvalue weighted by molar-refractivity contribution is -0.145. The summed E-state index contributed by atoms with van der Waals surface area (Å²) in [5.74, 6) is -1.30. The van der Waals surface area contributed by atoms with Crippen LogP contribution >= 0.6 is 0 Å². The summed E-state index contributed by atoms with van der Waals surface area (Å²) in [5.41, 5.74) is 1.93. The molecule has 2 N–H and O–H groups in total. The van der Waals surface area contributed by atoms with Crippen LogP contribution < -0.4 is 10.6 Å². The third kappa shape index (κ3) is 7.20. The minimum Gasteiger partial charge on any atom is -0.468 e. The lowest BCUT2D eigenvalue weighted by atomic mass is 9.98. The first-order valence-electron chi connectivity index (χ1n) is 11.5. The molecule has 1 aliphatic rings. The highest BCUT2D eigenvalue weighted by molar-refractivity contribution is 5.93. The van der Waals surface area contributed by atoms with Gasteiger partial charge in [0.1, 0.15) is 24.2 Å². The van der Waals surface area contributed by atoms with Gasteiger partial charge in [-0.2, -0.15) is 0 Å². The molecule has 9 nitrogen and oxygen atoms in total. The zero-order valence-corrected chi connectivity index (χ0v) is 21.4. The highest BCUT2D eigenvalue weighted by Crippen LogP contribution is 2.40. The zero-order valence-electron chi connectivity index (χ0n) is 21.4. The van der Waals surface area contributed by atoms with Gasteiger partial charge >= 0.3 is 12.1 Å². The van der Waals surface area contributed by atoms with Crippen molar-refractivity contribution in [2.75, 3.05) is 13.7 Å². The molecule has 1 aliphatic carbocycles. The minimum atomic E-state index is -0.978. The van der Waals surface area contributed by atoms with Crippen molar-refractivity contribution < 1.29 is 28.7 Å². The van der Waals surface area contributed by atoms with Gasteiger partial charge < -0.3 is 25.0 Å². The first kappa shape index (κ1) is 27.1. The number of hydrogen-bond donors (Lipinski definition) is 2. The summed E-state index contributed by atoms with van der Waals surface area (Å²) in [6, 6.07) is 3.50. The first-order chi connectivity index (χ1) is 15.7. The van der Waals surface area contributed by atoms with E-state index in [1.165, 1.54) is 12.0 Å². The maximum Gasteiger partial charge on any atom is 0.408 e. The van der Waals surface area contributed by atoms with Gasteiger partial charge in [0.05, 0.1) is 7.11 Å². The third-order valence-electron chi connectivity index (χ3n) is 5.79. The van der Waals surface area contributed by atoms with Crippen LogP contribution in [0.25, 0.3) is 0 Å². The number of methoxy groups -OCH3 is 1. The number of esters is 1. The van der Waals surface area contributed by atoms with Crippen molar-refractivity contribution in [2.45, 2.75) is 78.6 Å². The van der Waals surface area contributed by atoms with Crippen LogP contribution in [0.1, 0.15) is 63.8 Å². The Hall–Kier alpha value is -3.10. The highest BCUT2D eigenvalue weighted by Gasteiger charge is 2.47. The van der Waals surface area contributed by atoms with Gasteiger partial charge in [0.25, 0.3) is 0 Å². The van der Waals surface area contributed by atoms with Gasteiger partial charge in [-0.1, -0.05) is 25.1 Å². The number of alkyl carbamates (subject to hydrolysis) is 1. The van der Waals surface area contributed by atoms with Crippen molar-refractivity contribution in [1.82, 2.24) is 15.5 Å². The van der Waals surface area contributed by atoms with E-state index in [2.05, 4.69) is 15.4 Å². The molecule has 0 spiro atoms. The zero-order chi connectivity index (χ0) is 25.8. The fourth-order valence-corrected chi connectivity index (χ4v) is 3.64. The molecule has 1 fully saturated rings. The highest BCUT2D eigenvalue weighted by atomic mass is 16.6. The van der Waals surface area contributed by atoms with Crippen LogP contribution in [0.2, 0.25) is 0 Å². The molecule has 0 aliphatic heterocycles. The number of nitrogens with zero attached hydrogens (tertiary/aromatic N) is 1. The number of aryl methyl sites for hydroxylation is 2. The van der Waals surface area contributed by atoms with Crippen LogP contribution in [-0.2, 0) is 23.9 Å². The monoisotopic (exact) mass is 475 g/mol. The summed E-state index contributed by atoms with van der Waals surface area (Å²) in [6.45, 7) is 12.3. The molecule has 0 heterocycles. The van der Waals surface area contributed by atoms with Crippen LogP contribution in [0, 0.1) is 19.8 Å². The standard InChI is InChI=1S/C25H37N3O6/c1-14-9-10-18(11-15(14)2)21(22(30)26-13-20(29)33-8)28(19-12-16(19)3)23(31)17(4)27-24(32)34-25(5,6)7/h9-11,16-17,19,21H,12-13H2,1-8H3,(H,26,30)(H,27,32). The van der Waals surface area contributed by atoms with E-state index in [1.807, 2.05) is 39.0 Å². The van der Waals surface area contributed by atoms with E-state index < -0.39 is 41.6 Å². The predicted octanol–water partition coefficient (Wildman–Crippen LogP) is 2.78. The molecule has 4 unspecified atom stereocenters. The van der Waals surface area contributed by atoms with Gasteiger partial charge in [0.2, 0.25) is 11.8 Å². The fraction of sp³-hybridized carbons (Fsp3) is 0.600. The fourth-order valence-electron chi connectivity index (χ4n) is 3.64. The minimum absolute atomic E-state index is 0.175. The largest absolute Gasteiger partial charge is 0.468 e. The molecule has 0 bridgehead atoms. The second-order valence-corrected chi connectivity index (χ2v) is 9.93. The molecular weight excluding hydrogens is 438 g/mol. The van der Waals surface area contributed by atoms with Crippen molar-refractivity contribution >= 4 is 23.9 Å². The Labute approximate surface area is 201 Å². The Kier molecular flexibility index (Phi) is 8.69. The molecule has 0 aromatic heterocycles. The number of nitrogens with one attached hydrogen (secondary N) is 2. The number of hydrogen-bond acceptors (Lipinski definition) is 6. The average molecular weight is 476 g/mol. The molecule has 1 aromatic carbocycles. The predicted molar refractivity (Wildman–Crippen MR) is 127 cm³/mol. The van der Waals surface area contributed by atoms with Crippen molar-refractivity contribution in [3.8, 4) is 0 Å². The second kappa shape index (κ2) is 10.9. The molecular formula is C25H37N3O6. The third-order valence-corrected chi connectivity index (χ3v) is 5.79. The molecule has 0 radical (unpaired) electrons. The number of ether oxygens (including phenoxy) is 2. The van der Waals surface area contributed by atoms with Crippen LogP contribution in [-0.4, -0.2) is 60.1 Å². The average Bonchev–Trinajstić information content (AvgIpc) is 3.45. The van der Waals surface area contributed by atoms with E-state index in [-0.39, 0.29) is 18.5 Å². The maximum atomic E-state index is 13.6. The number of benzene rings is 1. The van der Waals surface area contributed by atoms with E-state index in [9.17, 15) is 19.2 Å². The molecule has 34 heavy (non-hydrogen) atoms. The maximum absolute atomic E-state index is 13.6. The van der Waals surface area contributed by atoms with Crippen LogP contribution in [0.5, 0.6) is 0 Å². The molecule has 9 heteroatoms. The van der Waals surface area contributed by atoms with Gasteiger partial charge in [0, 0.05) is 6.04 Å². The van der Waals surface area contributed by atoms with Crippen molar-refractivity contribution in [3.63, 3.8) is 0 Å². The van der Waals surface area contributed by atoms with E-state index in [0.29, 0.717) is 5.56 Å². The Bertz CT molecular complexity index is 939. The van der Waals surface area contributed by atoms with Gasteiger partial charge in [-0.3, -0.25) is 14.4 Å². The van der Waals surface area contributed by atoms with Gasteiger partial charge in [-0.25, -0.2) is 4.79 Å². The van der Waals surface area contributed by atoms with Crippen molar-refractivity contribution in [3.05, 3.63) is 34.9 Å². The van der Waals surface area contributed by atoms with E-state index in [4.69, 9.17) is 4.74 Å². The molecule has 2 rings (SSSR count). The van der Waals surface area contributed by atoms with Crippen molar-refractivity contribution in [1.29, 1.82) is 0 Å². The smallest absolute Gasteiger partial charge is 0.408 e. The quantitative estimate of drug-likeness (QED) is 0.559. The molecule has 188 valence electrons. The number of amides is 3. The summed E-state index contributed by atoms with van der Waals surface area (Å²) in [6.07, 6.45) is 0.0197. The van der Waals surface area contributed by atoms with E-state index >= 15 is 0 Å². The SMILES string of the molecule is COC(=O)CNC(=O)C(c1ccc(C)c(C)c1)N(C(=O)C(C)NC(=O)OC(C)(C)C)C1CC1C. The van der Waals surface area contributed by atoms with E-state index in [0.717, 1.165) is 17.5 Å². The molecule has 0 saturated heterocycles. The molecule has 4 atom stereocenters. The summed E-state index contributed by atoms with van der Waals surface area (Å²) in [7, 11) is 1.24. The summed E-state index contributed by atoms with van der Waals surface area (Å²) in [4.78, 5) is 52.4.